The van der Waals surface area contributed by atoms with E-state index in [1.165, 1.54) is 12.0 Å². The van der Waals surface area contributed by atoms with Gasteiger partial charge in [0.15, 0.2) is 0 Å². The number of aryl methyl sites for hydroxylation is 1. The van der Waals surface area contributed by atoms with Crippen molar-refractivity contribution >= 4 is 11.6 Å². The van der Waals surface area contributed by atoms with Crippen LogP contribution in [0, 0.1) is 11.3 Å². The van der Waals surface area contributed by atoms with E-state index >= 15 is 0 Å². The molecule has 0 radical (unpaired) electrons. The van der Waals surface area contributed by atoms with Gasteiger partial charge in [-0.25, -0.2) is 0 Å². The van der Waals surface area contributed by atoms with E-state index in [2.05, 4.69) is 25.9 Å². The van der Waals surface area contributed by atoms with Crippen molar-refractivity contribution in [3.8, 4) is 0 Å². The molecular weight excluding hydrogens is 210 g/mol. The fourth-order valence-corrected chi connectivity index (χ4v) is 2.52. The maximum atomic E-state index is 5.84. The quantitative estimate of drug-likeness (QED) is 0.686. The van der Waals surface area contributed by atoms with Crippen molar-refractivity contribution in [3.05, 3.63) is 17.0 Å². The Morgan fingerprint density at radius 2 is 2.20 bits per heavy atom. The topological polar surface area (TPSA) is 26.0 Å². The molecule has 3 heteroatoms. The normalized spacial score (nSPS) is 21.5. The fourth-order valence-electron chi connectivity index (χ4n) is 2.31. The molecule has 0 saturated heterocycles. The number of aromatic nitrogens is 1. The van der Waals surface area contributed by atoms with E-state index < -0.39 is 0 Å². The van der Waals surface area contributed by atoms with Crippen molar-refractivity contribution in [2.24, 2.45) is 11.3 Å². The van der Waals surface area contributed by atoms with Crippen LogP contribution >= 0.6 is 11.6 Å². The molecule has 1 aliphatic carbocycles. The molecule has 15 heavy (non-hydrogen) atoms. The van der Waals surface area contributed by atoms with Crippen LogP contribution in [0.3, 0.4) is 0 Å². The van der Waals surface area contributed by atoms with Crippen LogP contribution in [0.2, 0.25) is 0 Å². The maximum absolute atomic E-state index is 5.84. The van der Waals surface area contributed by atoms with E-state index in [0.717, 1.165) is 24.3 Å². The first-order valence-corrected chi connectivity index (χ1v) is 6.08. The van der Waals surface area contributed by atoms with E-state index in [9.17, 15) is 0 Å². The summed E-state index contributed by atoms with van der Waals surface area (Å²) < 4.78 is 5.30. The van der Waals surface area contributed by atoms with Crippen LogP contribution in [-0.2, 0) is 18.7 Å². The third-order valence-corrected chi connectivity index (χ3v) is 3.73. The molecule has 1 aliphatic rings. The molecule has 0 amide bonds. The minimum atomic E-state index is 0.360. The van der Waals surface area contributed by atoms with Gasteiger partial charge in [0.2, 0.25) is 0 Å². The van der Waals surface area contributed by atoms with Crippen molar-refractivity contribution < 1.29 is 4.52 Å². The Kier molecular flexibility index (Phi) is 2.80. The lowest BCUT2D eigenvalue weighted by molar-refractivity contribution is 0.206. The van der Waals surface area contributed by atoms with Gasteiger partial charge in [0.05, 0.1) is 5.88 Å². The minimum Gasteiger partial charge on any atom is -0.361 e. The molecule has 1 aromatic heterocycles. The van der Waals surface area contributed by atoms with Gasteiger partial charge in [0, 0.05) is 12.0 Å². The Hall–Kier alpha value is -0.500. The maximum Gasteiger partial charge on any atom is 0.140 e. The van der Waals surface area contributed by atoms with Crippen molar-refractivity contribution in [2.75, 3.05) is 0 Å². The molecule has 2 rings (SSSR count). The Bertz CT molecular complexity index is 337. The molecule has 1 aromatic rings. The van der Waals surface area contributed by atoms with E-state index in [1.54, 1.807) is 0 Å². The summed E-state index contributed by atoms with van der Waals surface area (Å²) >= 11 is 5.84. The SMILES string of the molecule is CC(C)(C)C1CCc2onc(CCl)c2C1. The summed E-state index contributed by atoms with van der Waals surface area (Å²) in [6, 6.07) is 0. The summed E-state index contributed by atoms with van der Waals surface area (Å²) in [7, 11) is 0. The Morgan fingerprint density at radius 3 is 2.80 bits per heavy atom. The van der Waals surface area contributed by atoms with Crippen LogP contribution in [0.15, 0.2) is 4.52 Å². The smallest absolute Gasteiger partial charge is 0.140 e. The second-order valence-corrected chi connectivity index (χ2v) is 5.74. The standard InChI is InChI=1S/C12H18ClNO/c1-12(2,3)8-4-5-11-9(6-8)10(7-13)14-15-11/h8H,4-7H2,1-3H3. The van der Waals surface area contributed by atoms with Gasteiger partial charge in [-0.05, 0) is 24.2 Å². The lowest BCUT2D eigenvalue weighted by atomic mass is 9.72. The molecule has 0 N–H and O–H groups in total. The summed E-state index contributed by atoms with van der Waals surface area (Å²) in [6.45, 7) is 6.91. The average molecular weight is 228 g/mol. The molecule has 1 atom stereocenters. The van der Waals surface area contributed by atoms with Crippen LogP contribution in [0.1, 0.15) is 44.2 Å². The zero-order chi connectivity index (χ0) is 11.1. The molecule has 1 heterocycles. The summed E-state index contributed by atoms with van der Waals surface area (Å²) in [5, 5.41) is 4.03. The van der Waals surface area contributed by atoms with Crippen molar-refractivity contribution in [1.29, 1.82) is 0 Å². The minimum absolute atomic E-state index is 0.360. The molecule has 84 valence electrons. The second-order valence-electron chi connectivity index (χ2n) is 5.47. The number of halogens is 1. The highest BCUT2D eigenvalue weighted by atomic mass is 35.5. The van der Waals surface area contributed by atoms with Gasteiger partial charge < -0.3 is 4.52 Å². The Morgan fingerprint density at radius 1 is 1.47 bits per heavy atom. The lowest BCUT2D eigenvalue weighted by Gasteiger charge is -2.33. The summed E-state index contributed by atoms with van der Waals surface area (Å²) in [5.74, 6) is 2.24. The average Bonchev–Trinajstić information content (AvgIpc) is 2.57. The molecule has 0 aromatic carbocycles. The third-order valence-electron chi connectivity index (χ3n) is 3.47. The predicted octanol–water partition coefficient (Wildman–Crippen LogP) is 3.56. The van der Waals surface area contributed by atoms with Crippen LogP contribution in [-0.4, -0.2) is 5.16 Å². The highest BCUT2D eigenvalue weighted by molar-refractivity contribution is 6.17. The van der Waals surface area contributed by atoms with Crippen LogP contribution in [0.5, 0.6) is 0 Å². The van der Waals surface area contributed by atoms with Crippen molar-refractivity contribution in [1.82, 2.24) is 5.16 Å². The number of nitrogens with zero attached hydrogens (tertiary/aromatic N) is 1. The fraction of sp³-hybridized carbons (Fsp3) is 0.750. The monoisotopic (exact) mass is 227 g/mol. The van der Waals surface area contributed by atoms with Crippen LogP contribution in [0.25, 0.3) is 0 Å². The largest absolute Gasteiger partial charge is 0.361 e. The third kappa shape index (κ3) is 2.05. The number of fused-ring (bicyclic) bond motifs is 1. The predicted molar refractivity (Wildman–Crippen MR) is 61.0 cm³/mol. The van der Waals surface area contributed by atoms with Gasteiger partial charge >= 0.3 is 0 Å². The molecule has 2 nitrogen and oxygen atoms in total. The van der Waals surface area contributed by atoms with E-state index in [-0.39, 0.29) is 0 Å². The van der Waals surface area contributed by atoms with Gasteiger partial charge in [-0.2, -0.15) is 0 Å². The van der Waals surface area contributed by atoms with E-state index in [4.69, 9.17) is 16.1 Å². The summed E-state index contributed by atoms with van der Waals surface area (Å²) in [6.07, 6.45) is 3.29. The zero-order valence-electron chi connectivity index (χ0n) is 9.64. The second kappa shape index (κ2) is 3.82. The Balaban J connectivity index is 2.25. The van der Waals surface area contributed by atoms with E-state index in [1.807, 2.05) is 0 Å². The first-order valence-electron chi connectivity index (χ1n) is 5.54. The van der Waals surface area contributed by atoms with E-state index in [0.29, 0.717) is 17.2 Å². The summed E-state index contributed by atoms with van der Waals surface area (Å²) in [5.41, 5.74) is 2.58. The van der Waals surface area contributed by atoms with Gasteiger partial charge in [0.25, 0.3) is 0 Å². The van der Waals surface area contributed by atoms with Gasteiger partial charge in [0.1, 0.15) is 11.5 Å². The molecule has 0 aliphatic heterocycles. The molecular formula is C12H18ClNO. The first kappa shape index (κ1) is 11.0. The highest BCUT2D eigenvalue weighted by Crippen LogP contribution is 2.38. The summed E-state index contributed by atoms with van der Waals surface area (Å²) in [4.78, 5) is 0. The van der Waals surface area contributed by atoms with Crippen molar-refractivity contribution in [3.63, 3.8) is 0 Å². The highest BCUT2D eigenvalue weighted by Gasteiger charge is 2.32. The molecule has 0 saturated carbocycles. The van der Waals surface area contributed by atoms with Gasteiger partial charge in [-0.15, -0.1) is 11.6 Å². The van der Waals surface area contributed by atoms with Crippen LogP contribution in [0.4, 0.5) is 0 Å². The van der Waals surface area contributed by atoms with Gasteiger partial charge in [-0.3, -0.25) is 0 Å². The first-order chi connectivity index (χ1) is 7.02. The van der Waals surface area contributed by atoms with Gasteiger partial charge in [-0.1, -0.05) is 25.9 Å². The van der Waals surface area contributed by atoms with Crippen molar-refractivity contribution in [2.45, 2.75) is 45.9 Å². The Labute approximate surface area is 96.0 Å². The number of hydrogen-bond donors (Lipinski definition) is 0. The molecule has 0 bridgehead atoms. The molecule has 1 unspecified atom stereocenters. The molecule has 0 fully saturated rings. The number of alkyl halides is 1. The van der Waals surface area contributed by atoms with Crippen LogP contribution < -0.4 is 0 Å². The number of rotatable bonds is 1. The molecule has 0 spiro atoms. The zero-order valence-corrected chi connectivity index (χ0v) is 10.4. The lowest BCUT2D eigenvalue weighted by Crippen LogP contribution is -2.26. The number of hydrogen-bond acceptors (Lipinski definition) is 2.